The fourth-order valence-corrected chi connectivity index (χ4v) is 2.69. The Morgan fingerprint density at radius 2 is 1.67 bits per heavy atom. The Labute approximate surface area is 128 Å². The van der Waals surface area contributed by atoms with E-state index in [0.717, 1.165) is 31.7 Å². The Bertz CT molecular complexity index is 611. The first-order chi connectivity index (χ1) is 9.97. The second-order valence-electron chi connectivity index (χ2n) is 6.04. The quantitative estimate of drug-likeness (QED) is 0.822. The Hall–Kier alpha value is -1.61. The van der Waals surface area contributed by atoms with Crippen molar-refractivity contribution in [1.82, 2.24) is 15.1 Å². The van der Waals surface area contributed by atoms with Gasteiger partial charge in [0.15, 0.2) is 0 Å². The maximum Gasteiger partial charge on any atom is 0.0596 e. The lowest BCUT2D eigenvalue weighted by Gasteiger charge is -2.11. The number of hydrogen-bond donors (Lipinski definition) is 1. The molecular formula is C18H27N3. The summed E-state index contributed by atoms with van der Waals surface area (Å²) in [6, 6.07) is 6.72. The molecule has 0 unspecified atom stereocenters. The molecule has 1 aromatic heterocycles. The van der Waals surface area contributed by atoms with Crippen LogP contribution in [0.4, 0.5) is 0 Å². The van der Waals surface area contributed by atoms with Gasteiger partial charge in [-0.1, -0.05) is 12.1 Å². The lowest BCUT2D eigenvalue weighted by molar-refractivity contribution is 0.531. The molecule has 2 rings (SSSR count). The summed E-state index contributed by atoms with van der Waals surface area (Å²) >= 11 is 0. The van der Waals surface area contributed by atoms with Crippen LogP contribution in [0.15, 0.2) is 18.2 Å². The first kappa shape index (κ1) is 15.8. The average Bonchev–Trinajstić information content (AvgIpc) is 2.73. The van der Waals surface area contributed by atoms with Gasteiger partial charge < -0.3 is 5.32 Å². The maximum atomic E-state index is 4.49. The molecule has 0 saturated heterocycles. The number of nitrogens with zero attached hydrogens (tertiary/aromatic N) is 2. The van der Waals surface area contributed by atoms with Crippen molar-refractivity contribution < 1.29 is 0 Å². The summed E-state index contributed by atoms with van der Waals surface area (Å²) in [6.45, 7) is 13.7. The number of aryl methyl sites for hydroxylation is 6. The standard InChI is InChI=1S/C18H27N3/c1-13-9-15(3)18(10-14(13)2)12-19-7-6-8-21-17(5)11-16(4)20-21/h9-11,19H,6-8,12H2,1-5H3. The predicted octanol–water partition coefficient (Wildman–Crippen LogP) is 3.61. The van der Waals surface area contributed by atoms with E-state index in [9.17, 15) is 0 Å². The van der Waals surface area contributed by atoms with E-state index in [4.69, 9.17) is 0 Å². The highest BCUT2D eigenvalue weighted by Gasteiger charge is 2.02. The van der Waals surface area contributed by atoms with E-state index in [1.807, 2.05) is 6.92 Å². The zero-order valence-corrected chi connectivity index (χ0v) is 14.0. The molecular weight excluding hydrogens is 258 g/mol. The predicted molar refractivity (Wildman–Crippen MR) is 88.7 cm³/mol. The molecule has 1 N–H and O–H groups in total. The lowest BCUT2D eigenvalue weighted by atomic mass is 10.0. The van der Waals surface area contributed by atoms with Crippen molar-refractivity contribution in [2.24, 2.45) is 0 Å². The van der Waals surface area contributed by atoms with Crippen molar-refractivity contribution in [1.29, 1.82) is 0 Å². The largest absolute Gasteiger partial charge is 0.313 e. The van der Waals surface area contributed by atoms with E-state index >= 15 is 0 Å². The third-order valence-corrected chi connectivity index (χ3v) is 4.09. The fourth-order valence-electron chi connectivity index (χ4n) is 2.69. The van der Waals surface area contributed by atoms with Gasteiger partial charge in [0.1, 0.15) is 0 Å². The SMILES string of the molecule is Cc1cc(C)n(CCCNCc2cc(C)c(C)cc2C)n1. The van der Waals surface area contributed by atoms with Gasteiger partial charge in [-0.25, -0.2) is 0 Å². The highest BCUT2D eigenvalue weighted by Crippen LogP contribution is 2.15. The number of hydrogen-bond acceptors (Lipinski definition) is 2. The van der Waals surface area contributed by atoms with Gasteiger partial charge >= 0.3 is 0 Å². The Morgan fingerprint density at radius 1 is 0.952 bits per heavy atom. The van der Waals surface area contributed by atoms with Gasteiger partial charge in [-0.3, -0.25) is 4.68 Å². The second-order valence-corrected chi connectivity index (χ2v) is 6.04. The van der Waals surface area contributed by atoms with Crippen molar-refractivity contribution in [2.45, 2.75) is 54.1 Å². The number of rotatable bonds is 6. The third-order valence-electron chi connectivity index (χ3n) is 4.09. The van der Waals surface area contributed by atoms with Gasteiger partial charge in [-0.15, -0.1) is 0 Å². The molecule has 0 amide bonds. The monoisotopic (exact) mass is 285 g/mol. The average molecular weight is 285 g/mol. The van der Waals surface area contributed by atoms with Crippen LogP contribution in [0.1, 0.15) is 40.1 Å². The molecule has 0 atom stereocenters. The summed E-state index contributed by atoms with van der Waals surface area (Å²) in [5, 5.41) is 8.03. The van der Waals surface area contributed by atoms with Crippen LogP contribution >= 0.6 is 0 Å². The summed E-state index contributed by atoms with van der Waals surface area (Å²) < 4.78 is 2.10. The van der Waals surface area contributed by atoms with E-state index in [0.29, 0.717) is 0 Å². The van der Waals surface area contributed by atoms with E-state index in [-0.39, 0.29) is 0 Å². The highest BCUT2D eigenvalue weighted by molar-refractivity contribution is 5.36. The van der Waals surface area contributed by atoms with Crippen LogP contribution in [0.25, 0.3) is 0 Å². The zero-order valence-electron chi connectivity index (χ0n) is 14.0. The summed E-state index contributed by atoms with van der Waals surface area (Å²) in [4.78, 5) is 0. The minimum atomic E-state index is 0.948. The van der Waals surface area contributed by atoms with Crippen molar-refractivity contribution in [3.05, 3.63) is 51.8 Å². The lowest BCUT2D eigenvalue weighted by Crippen LogP contribution is -2.18. The molecule has 0 bridgehead atoms. The van der Waals surface area contributed by atoms with Gasteiger partial charge in [-0.05, 0) is 75.9 Å². The first-order valence-corrected chi connectivity index (χ1v) is 7.76. The molecule has 0 radical (unpaired) electrons. The third kappa shape index (κ3) is 4.18. The number of nitrogens with one attached hydrogen (secondary N) is 1. The number of aromatic nitrogens is 2. The van der Waals surface area contributed by atoms with Crippen molar-refractivity contribution in [3.8, 4) is 0 Å². The molecule has 114 valence electrons. The van der Waals surface area contributed by atoms with Crippen LogP contribution in [0, 0.1) is 34.6 Å². The minimum Gasteiger partial charge on any atom is -0.313 e. The van der Waals surface area contributed by atoms with Crippen LogP contribution in [-0.2, 0) is 13.1 Å². The molecule has 3 nitrogen and oxygen atoms in total. The van der Waals surface area contributed by atoms with Gasteiger partial charge in [0.05, 0.1) is 5.69 Å². The second kappa shape index (κ2) is 6.90. The Balaban J connectivity index is 1.77. The Morgan fingerprint density at radius 3 is 2.33 bits per heavy atom. The summed E-state index contributed by atoms with van der Waals surface area (Å²) in [6.07, 6.45) is 1.10. The molecule has 21 heavy (non-hydrogen) atoms. The van der Waals surface area contributed by atoms with E-state index in [1.54, 1.807) is 0 Å². The summed E-state index contributed by atoms with van der Waals surface area (Å²) in [7, 11) is 0. The topological polar surface area (TPSA) is 29.9 Å². The molecule has 0 spiro atoms. The van der Waals surface area contributed by atoms with Gasteiger partial charge in [0.2, 0.25) is 0 Å². The van der Waals surface area contributed by atoms with Gasteiger partial charge in [0, 0.05) is 18.8 Å². The van der Waals surface area contributed by atoms with Crippen LogP contribution in [-0.4, -0.2) is 16.3 Å². The van der Waals surface area contributed by atoms with Crippen molar-refractivity contribution >= 4 is 0 Å². The van der Waals surface area contributed by atoms with Crippen LogP contribution in [0.5, 0.6) is 0 Å². The molecule has 2 aromatic rings. The number of benzene rings is 1. The highest BCUT2D eigenvalue weighted by atomic mass is 15.3. The molecule has 0 aliphatic carbocycles. The van der Waals surface area contributed by atoms with Crippen LogP contribution in [0.2, 0.25) is 0 Å². The normalized spacial score (nSPS) is 11.1. The zero-order chi connectivity index (χ0) is 15.4. The van der Waals surface area contributed by atoms with Crippen molar-refractivity contribution in [3.63, 3.8) is 0 Å². The van der Waals surface area contributed by atoms with E-state index in [1.165, 1.54) is 27.9 Å². The fraction of sp³-hybridized carbons (Fsp3) is 0.500. The van der Waals surface area contributed by atoms with Crippen LogP contribution in [0.3, 0.4) is 0 Å². The molecule has 1 heterocycles. The maximum absolute atomic E-state index is 4.49. The van der Waals surface area contributed by atoms with Gasteiger partial charge in [-0.2, -0.15) is 5.10 Å². The van der Waals surface area contributed by atoms with E-state index < -0.39 is 0 Å². The summed E-state index contributed by atoms with van der Waals surface area (Å²) in [5.41, 5.74) is 7.89. The smallest absolute Gasteiger partial charge is 0.0596 e. The molecule has 0 saturated carbocycles. The molecule has 1 aromatic carbocycles. The van der Waals surface area contributed by atoms with Gasteiger partial charge in [0.25, 0.3) is 0 Å². The minimum absolute atomic E-state index is 0.948. The molecule has 0 aliphatic rings. The molecule has 0 aliphatic heterocycles. The Kier molecular flexibility index (Phi) is 5.18. The van der Waals surface area contributed by atoms with Crippen LogP contribution < -0.4 is 5.32 Å². The van der Waals surface area contributed by atoms with Crippen molar-refractivity contribution in [2.75, 3.05) is 6.54 Å². The van der Waals surface area contributed by atoms with E-state index in [2.05, 4.69) is 61.0 Å². The molecule has 3 heteroatoms. The summed E-state index contributed by atoms with van der Waals surface area (Å²) in [5.74, 6) is 0. The molecule has 0 fully saturated rings. The first-order valence-electron chi connectivity index (χ1n) is 7.76.